The van der Waals surface area contributed by atoms with Crippen molar-refractivity contribution in [2.24, 2.45) is 0 Å². The van der Waals surface area contributed by atoms with E-state index < -0.39 is 0 Å². The quantitative estimate of drug-likeness (QED) is 0.523. The van der Waals surface area contributed by atoms with E-state index in [2.05, 4.69) is 15.3 Å². The molecule has 0 spiro atoms. The molecule has 128 valence electrons. The number of anilines is 1. The van der Waals surface area contributed by atoms with Crippen LogP contribution in [0.2, 0.25) is 5.02 Å². The molecule has 0 saturated heterocycles. The number of fused-ring (bicyclic) bond motifs is 3. The Bertz CT molecular complexity index is 1010. The van der Waals surface area contributed by atoms with Crippen molar-refractivity contribution in [3.63, 3.8) is 0 Å². The highest BCUT2D eigenvalue weighted by atomic mass is 35.5. The van der Waals surface area contributed by atoms with Gasteiger partial charge in [0.05, 0.1) is 11.1 Å². The number of hydrogen-bond acceptors (Lipinski definition) is 5. The Kier molecular flexibility index (Phi) is 4.54. The summed E-state index contributed by atoms with van der Waals surface area (Å²) in [6.07, 6.45) is 3.09. The lowest BCUT2D eigenvalue weighted by Crippen LogP contribution is -2.15. The number of rotatable bonds is 4. The normalized spacial score (nSPS) is 13.2. The van der Waals surface area contributed by atoms with E-state index in [-0.39, 0.29) is 17.2 Å². The third-order valence-corrected chi connectivity index (χ3v) is 6.33. The zero-order valence-corrected chi connectivity index (χ0v) is 15.5. The van der Waals surface area contributed by atoms with Gasteiger partial charge in [-0.2, -0.15) is 0 Å². The van der Waals surface area contributed by atoms with Crippen LogP contribution in [0.1, 0.15) is 16.9 Å². The molecule has 2 N–H and O–H groups in total. The Labute approximate surface area is 156 Å². The number of aromatic amines is 1. The first kappa shape index (κ1) is 16.6. The zero-order chi connectivity index (χ0) is 17.4. The van der Waals surface area contributed by atoms with Crippen LogP contribution < -0.4 is 10.9 Å². The molecule has 0 aliphatic heterocycles. The third kappa shape index (κ3) is 3.44. The summed E-state index contributed by atoms with van der Waals surface area (Å²) in [5.41, 5.74) is 1.73. The van der Waals surface area contributed by atoms with Crippen molar-refractivity contribution in [2.45, 2.75) is 24.4 Å². The molecule has 0 atom stereocenters. The smallest absolute Gasteiger partial charge is 0.260 e. The lowest BCUT2D eigenvalue weighted by Gasteiger charge is -2.05. The van der Waals surface area contributed by atoms with E-state index >= 15 is 0 Å². The Balaban J connectivity index is 1.47. The number of nitrogens with zero attached hydrogens (tertiary/aromatic N) is 1. The number of aromatic nitrogens is 2. The molecule has 5 nitrogen and oxygen atoms in total. The summed E-state index contributed by atoms with van der Waals surface area (Å²) in [7, 11) is 0. The van der Waals surface area contributed by atoms with Crippen molar-refractivity contribution in [3.05, 3.63) is 50.1 Å². The van der Waals surface area contributed by atoms with E-state index in [1.165, 1.54) is 16.6 Å². The van der Waals surface area contributed by atoms with Gasteiger partial charge < -0.3 is 10.3 Å². The number of thiophene rings is 1. The number of H-pyrrole nitrogens is 1. The van der Waals surface area contributed by atoms with Gasteiger partial charge in [0, 0.05) is 15.6 Å². The summed E-state index contributed by atoms with van der Waals surface area (Å²) >= 11 is 8.64. The fraction of sp³-hybridized carbons (Fsp3) is 0.235. The molecule has 2 aromatic heterocycles. The molecule has 8 heteroatoms. The average molecular weight is 392 g/mol. The Morgan fingerprint density at radius 3 is 2.92 bits per heavy atom. The number of carbonyl (C=O) groups is 1. The monoisotopic (exact) mass is 391 g/mol. The van der Waals surface area contributed by atoms with Crippen molar-refractivity contribution in [3.8, 4) is 0 Å². The fourth-order valence-corrected chi connectivity index (χ4v) is 5.02. The van der Waals surface area contributed by atoms with Gasteiger partial charge in [-0.1, -0.05) is 23.4 Å². The van der Waals surface area contributed by atoms with Crippen molar-refractivity contribution in [1.29, 1.82) is 0 Å². The Hall–Kier alpha value is -1.83. The minimum atomic E-state index is -0.163. The van der Waals surface area contributed by atoms with Crippen molar-refractivity contribution in [2.75, 3.05) is 11.1 Å². The highest BCUT2D eigenvalue weighted by molar-refractivity contribution is 7.99. The second kappa shape index (κ2) is 6.82. The second-order valence-corrected chi connectivity index (χ2v) is 8.24. The largest absolute Gasteiger partial charge is 0.325 e. The maximum atomic E-state index is 12.4. The minimum Gasteiger partial charge on any atom is -0.325 e. The van der Waals surface area contributed by atoms with E-state index in [4.69, 9.17) is 11.6 Å². The van der Waals surface area contributed by atoms with Gasteiger partial charge in [-0.3, -0.25) is 9.59 Å². The van der Waals surface area contributed by atoms with Gasteiger partial charge in [-0.05, 0) is 49.1 Å². The Morgan fingerprint density at radius 2 is 2.12 bits per heavy atom. The number of carbonyl (C=O) groups excluding carboxylic acids is 1. The van der Waals surface area contributed by atoms with Crippen LogP contribution >= 0.6 is 34.7 Å². The molecule has 0 saturated carbocycles. The van der Waals surface area contributed by atoms with Gasteiger partial charge in [0.2, 0.25) is 5.91 Å². The number of halogens is 1. The van der Waals surface area contributed by atoms with Crippen LogP contribution in [0.15, 0.2) is 34.2 Å². The lowest BCUT2D eigenvalue weighted by atomic mass is 10.2. The summed E-state index contributed by atoms with van der Waals surface area (Å²) in [4.78, 5) is 33.8. The summed E-state index contributed by atoms with van der Waals surface area (Å²) in [6.45, 7) is 0. The van der Waals surface area contributed by atoms with Crippen LogP contribution in [-0.4, -0.2) is 21.6 Å². The summed E-state index contributed by atoms with van der Waals surface area (Å²) < 4.78 is 0. The number of aryl methyl sites for hydroxylation is 2. The molecular formula is C17H14ClN3O2S2. The first-order chi connectivity index (χ1) is 12.1. The number of amides is 1. The molecule has 1 aliphatic rings. The van der Waals surface area contributed by atoms with Gasteiger partial charge in [-0.25, -0.2) is 4.98 Å². The first-order valence-corrected chi connectivity index (χ1v) is 10.0. The van der Waals surface area contributed by atoms with Gasteiger partial charge >= 0.3 is 0 Å². The highest BCUT2D eigenvalue weighted by Crippen LogP contribution is 2.35. The number of hydrogen-bond donors (Lipinski definition) is 2. The fourth-order valence-electron chi connectivity index (χ4n) is 2.92. The Morgan fingerprint density at radius 1 is 1.32 bits per heavy atom. The summed E-state index contributed by atoms with van der Waals surface area (Å²) in [6, 6.07) is 6.91. The lowest BCUT2D eigenvalue weighted by molar-refractivity contribution is -0.113. The first-order valence-electron chi connectivity index (χ1n) is 7.83. The summed E-state index contributed by atoms with van der Waals surface area (Å²) in [5.74, 6) is 0.00561. The molecule has 0 fully saturated rings. The number of nitrogens with one attached hydrogen (secondary N) is 2. The molecule has 0 unspecified atom stereocenters. The molecule has 4 rings (SSSR count). The van der Waals surface area contributed by atoms with Gasteiger partial charge in [0.15, 0.2) is 5.16 Å². The number of thioether (sulfide) groups is 1. The third-order valence-electron chi connectivity index (χ3n) is 4.02. The predicted molar refractivity (Wildman–Crippen MR) is 103 cm³/mol. The molecule has 3 aromatic rings. The maximum absolute atomic E-state index is 12.4. The molecule has 2 heterocycles. The topological polar surface area (TPSA) is 74.8 Å². The second-order valence-electron chi connectivity index (χ2n) is 5.75. The minimum absolute atomic E-state index is 0.106. The molecular weight excluding hydrogens is 378 g/mol. The van der Waals surface area contributed by atoms with Crippen LogP contribution in [0, 0.1) is 0 Å². The van der Waals surface area contributed by atoms with Crippen LogP contribution in [0.4, 0.5) is 5.69 Å². The SMILES string of the molecule is O=C(CSc1nc2sc3c(c2c(=O)[nH]1)CCC3)Nc1ccc(Cl)cc1. The molecule has 25 heavy (non-hydrogen) atoms. The van der Waals surface area contributed by atoms with Crippen LogP contribution in [0.3, 0.4) is 0 Å². The molecule has 1 amide bonds. The van der Waals surface area contributed by atoms with Gasteiger partial charge in [-0.15, -0.1) is 11.3 Å². The molecule has 0 radical (unpaired) electrons. The van der Waals surface area contributed by atoms with E-state index in [0.29, 0.717) is 15.9 Å². The van der Waals surface area contributed by atoms with Crippen molar-refractivity contribution in [1.82, 2.24) is 9.97 Å². The molecule has 1 aromatic carbocycles. The summed E-state index contributed by atoms with van der Waals surface area (Å²) in [5, 5.41) is 4.61. The predicted octanol–water partition coefficient (Wildman–Crippen LogP) is 3.86. The highest BCUT2D eigenvalue weighted by Gasteiger charge is 2.21. The van der Waals surface area contributed by atoms with E-state index in [1.807, 2.05) is 0 Å². The van der Waals surface area contributed by atoms with Crippen molar-refractivity contribution < 1.29 is 4.79 Å². The zero-order valence-electron chi connectivity index (χ0n) is 13.1. The maximum Gasteiger partial charge on any atom is 0.260 e. The molecule has 0 bridgehead atoms. The standard InChI is InChI=1S/C17H14ClN3O2S2/c18-9-4-6-10(7-5-9)19-13(22)8-24-17-20-15(23)14-11-2-1-3-12(11)25-16(14)21-17/h4-7H,1-3,8H2,(H,19,22)(H,20,21,23). The average Bonchev–Trinajstić information content (AvgIpc) is 3.15. The number of benzene rings is 1. The van der Waals surface area contributed by atoms with Crippen LogP contribution in [0.5, 0.6) is 0 Å². The van der Waals surface area contributed by atoms with Crippen molar-refractivity contribution >= 4 is 56.5 Å². The van der Waals surface area contributed by atoms with Crippen LogP contribution in [-0.2, 0) is 17.6 Å². The van der Waals surface area contributed by atoms with E-state index in [1.54, 1.807) is 35.6 Å². The van der Waals surface area contributed by atoms with Crippen LogP contribution in [0.25, 0.3) is 10.2 Å². The van der Waals surface area contributed by atoms with E-state index in [9.17, 15) is 9.59 Å². The van der Waals surface area contributed by atoms with Gasteiger partial charge in [0.25, 0.3) is 5.56 Å². The molecule has 1 aliphatic carbocycles. The van der Waals surface area contributed by atoms with E-state index in [0.717, 1.165) is 35.0 Å². The van der Waals surface area contributed by atoms with Gasteiger partial charge in [0.1, 0.15) is 4.83 Å².